The lowest BCUT2D eigenvalue weighted by Crippen LogP contribution is -2.41. The Labute approximate surface area is 138 Å². The molecule has 0 bridgehead atoms. The summed E-state index contributed by atoms with van der Waals surface area (Å²) in [6.07, 6.45) is 10.6. The van der Waals surface area contributed by atoms with E-state index in [9.17, 15) is 0 Å². The highest BCUT2D eigenvalue weighted by molar-refractivity contribution is 5.40. The van der Waals surface area contributed by atoms with Crippen LogP contribution in [0, 0.1) is 5.92 Å². The summed E-state index contributed by atoms with van der Waals surface area (Å²) >= 11 is 0. The number of benzene rings is 1. The van der Waals surface area contributed by atoms with Crippen LogP contribution < -0.4 is 10.6 Å². The number of nitrogens with zero attached hydrogens (tertiary/aromatic N) is 2. The minimum absolute atomic E-state index is 0.649. The van der Waals surface area contributed by atoms with Crippen LogP contribution in [0.2, 0.25) is 0 Å². The van der Waals surface area contributed by atoms with Crippen LogP contribution in [0.15, 0.2) is 42.7 Å². The van der Waals surface area contributed by atoms with E-state index in [-0.39, 0.29) is 0 Å². The lowest BCUT2D eigenvalue weighted by Gasteiger charge is -2.27. The summed E-state index contributed by atoms with van der Waals surface area (Å²) in [5, 5.41) is 11.9. The van der Waals surface area contributed by atoms with Crippen molar-refractivity contribution in [3.63, 3.8) is 0 Å². The van der Waals surface area contributed by atoms with E-state index in [1.165, 1.54) is 49.9 Å². The predicted octanol–water partition coefficient (Wildman–Crippen LogP) is 2.88. The fraction of sp³-hybridized carbons (Fsp3) is 0.526. The Hall–Kier alpha value is -1.65. The molecule has 1 aromatic heterocycles. The fourth-order valence-corrected chi connectivity index (χ4v) is 4.34. The average Bonchev–Trinajstić information content (AvgIpc) is 3.34. The van der Waals surface area contributed by atoms with Gasteiger partial charge in [-0.3, -0.25) is 0 Å². The largest absolute Gasteiger partial charge is 0.314 e. The summed E-state index contributed by atoms with van der Waals surface area (Å²) in [4.78, 5) is 0. The average molecular weight is 310 g/mol. The Morgan fingerprint density at radius 1 is 1.13 bits per heavy atom. The molecule has 1 aliphatic heterocycles. The van der Waals surface area contributed by atoms with Gasteiger partial charge in [-0.1, -0.05) is 24.6 Å². The monoisotopic (exact) mass is 310 g/mol. The number of para-hydroxylation sites is 1. The standard InChI is InChI=1S/C19H26N4/c1-2-10-19(23-13-5-12-22-23)15(6-1)14-21-18-8-3-7-16(18)17-9-4-11-20-17/h1-2,5-6,10,12-13,16-18,20-21H,3-4,7-9,11,14H2. The van der Waals surface area contributed by atoms with Crippen molar-refractivity contribution in [3.8, 4) is 5.69 Å². The molecule has 0 radical (unpaired) electrons. The van der Waals surface area contributed by atoms with E-state index in [1.807, 2.05) is 23.1 Å². The summed E-state index contributed by atoms with van der Waals surface area (Å²) < 4.78 is 1.96. The molecule has 3 unspecified atom stereocenters. The zero-order chi connectivity index (χ0) is 15.5. The van der Waals surface area contributed by atoms with Gasteiger partial charge in [-0.15, -0.1) is 0 Å². The van der Waals surface area contributed by atoms with Crippen molar-refractivity contribution in [2.75, 3.05) is 6.54 Å². The molecule has 1 aliphatic carbocycles. The van der Waals surface area contributed by atoms with Crippen molar-refractivity contribution in [2.24, 2.45) is 5.92 Å². The summed E-state index contributed by atoms with van der Waals surface area (Å²) in [6, 6.07) is 11.9. The van der Waals surface area contributed by atoms with Crippen molar-refractivity contribution in [1.82, 2.24) is 20.4 Å². The number of nitrogens with one attached hydrogen (secondary N) is 2. The van der Waals surface area contributed by atoms with E-state index in [0.29, 0.717) is 6.04 Å². The lowest BCUT2D eigenvalue weighted by atomic mass is 9.93. The van der Waals surface area contributed by atoms with Crippen molar-refractivity contribution in [1.29, 1.82) is 0 Å². The summed E-state index contributed by atoms with van der Waals surface area (Å²) in [5.74, 6) is 0.800. The highest BCUT2D eigenvalue weighted by Crippen LogP contribution is 2.32. The third-order valence-electron chi connectivity index (χ3n) is 5.48. The Balaban J connectivity index is 1.45. The van der Waals surface area contributed by atoms with E-state index in [1.54, 1.807) is 0 Å². The van der Waals surface area contributed by atoms with Gasteiger partial charge in [0.05, 0.1) is 5.69 Å². The van der Waals surface area contributed by atoms with Gasteiger partial charge in [0.25, 0.3) is 0 Å². The van der Waals surface area contributed by atoms with Gasteiger partial charge < -0.3 is 10.6 Å². The molecule has 4 heteroatoms. The Morgan fingerprint density at radius 3 is 2.91 bits per heavy atom. The quantitative estimate of drug-likeness (QED) is 0.892. The van der Waals surface area contributed by atoms with Gasteiger partial charge in [0.15, 0.2) is 0 Å². The highest BCUT2D eigenvalue weighted by Gasteiger charge is 2.34. The first kappa shape index (κ1) is 14.9. The van der Waals surface area contributed by atoms with Gasteiger partial charge in [0, 0.05) is 31.0 Å². The molecule has 122 valence electrons. The van der Waals surface area contributed by atoms with Crippen LogP contribution in [0.5, 0.6) is 0 Å². The van der Waals surface area contributed by atoms with Crippen LogP contribution in [-0.2, 0) is 6.54 Å². The molecule has 2 heterocycles. The molecule has 0 amide bonds. The van der Waals surface area contributed by atoms with E-state index in [4.69, 9.17) is 0 Å². The number of hydrogen-bond donors (Lipinski definition) is 2. The Bertz CT molecular complexity index is 616. The number of hydrogen-bond acceptors (Lipinski definition) is 3. The van der Waals surface area contributed by atoms with Crippen molar-refractivity contribution >= 4 is 0 Å². The molecule has 23 heavy (non-hydrogen) atoms. The second kappa shape index (κ2) is 6.85. The maximum absolute atomic E-state index is 4.38. The predicted molar refractivity (Wildman–Crippen MR) is 92.6 cm³/mol. The molecule has 2 aliphatic rings. The van der Waals surface area contributed by atoms with Crippen LogP contribution in [-0.4, -0.2) is 28.4 Å². The molecule has 1 saturated carbocycles. The second-order valence-electron chi connectivity index (χ2n) is 6.86. The SMILES string of the molecule is c1ccc(-n2cccn2)c(CNC2CCCC2C2CCCN2)c1. The van der Waals surface area contributed by atoms with Crippen LogP contribution in [0.4, 0.5) is 0 Å². The molecule has 2 aromatic rings. The third kappa shape index (κ3) is 3.19. The van der Waals surface area contributed by atoms with E-state index in [0.717, 1.165) is 18.5 Å². The van der Waals surface area contributed by atoms with Crippen molar-refractivity contribution < 1.29 is 0 Å². The van der Waals surface area contributed by atoms with Gasteiger partial charge in [-0.25, -0.2) is 4.68 Å². The second-order valence-corrected chi connectivity index (χ2v) is 6.86. The summed E-state index contributed by atoms with van der Waals surface area (Å²) in [6.45, 7) is 2.12. The van der Waals surface area contributed by atoms with E-state index in [2.05, 4.69) is 40.0 Å². The number of rotatable bonds is 5. The molecule has 4 nitrogen and oxygen atoms in total. The first-order chi connectivity index (χ1) is 11.4. The van der Waals surface area contributed by atoms with Crippen molar-refractivity contribution in [3.05, 3.63) is 48.3 Å². The zero-order valence-corrected chi connectivity index (χ0v) is 13.6. The van der Waals surface area contributed by atoms with Gasteiger partial charge in [0.2, 0.25) is 0 Å². The summed E-state index contributed by atoms with van der Waals surface area (Å²) in [7, 11) is 0. The molecule has 2 fully saturated rings. The first-order valence-corrected chi connectivity index (χ1v) is 8.96. The molecule has 4 rings (SSSR count). The van der Waals surface area contributed by atoms with Crippen molar-refractivity contribution in [2.45, 2.75) is 50.7 Å². The van der Waals surface area contributed by atoms with Gasteiger partial charge in [-0.05, 0) is 55.8 Å². The van der Waals surface area contributed by atoms with E-state index >= 15 is 0 Å². The van der Waals surface area contributed by atoms with E-state index < -0.39 is 0 Å². The zero-order valence-electron chi connectivity index (χ0n) is 13.6. The van der Waals surface area contributed by atoms with Crippen LogP contribution in [0.3, 0.4) is 0 Å². The summed E-state index contributed by atoms with van der Waals surface area (Å²) in [5.41, 5.74) is 2.50. The Kier molecular flexibility index (Phi) is 4.44. The molecule has 1 saturated heterocycles. The maximum Gasteiger partial charge on any atom is 0.0690 e. The molecule has 0 spiro atoms. The first-order valence-electron chi connectivity index (χ1n) is 8.96. The van der Waals surface area contributed by atoms with Crippen LogP contribution >= 0.6 is 0 Å². The lowest BCUT2D eigenvalue weighted by molar-refractivity contribution is 0.320. The minimum atomic E-state index is 0.649. The number of aromatic nitrogens is 2. The fourth-order valence-electron chi connectivity index (χ4n) is 4.34. The van der Waals surface area contributed by atoms with Gasteiger partial charge in [0.1, 0.15) is 0 Å². The molecule has 2 N–H and O–H groups in total. The normalized spacial score (nSPS) is 27.6. The molecule has 1 aromatic carbocycles. The minimum Gasteiger partial charge on any atom is -0.314 e. The Morgan fingerprint density at radius 2 is 2.09 bits per heavy atom. The van der Waals surface area contributed by atoms with Crippen LogP contribution in [0.25, 0.3) is 5.69 Å². The van der Waals surface area contributed by atoms with Gasteiger partial charge in [-0.2, -0.15) is 5.10 Å². The maximum atomic E-state index is 4.38. The molecular formula is C19H26N4. The highest BCUT2D eigenvalue weighted by atomic mass is 15.3. The van der Waals surface area contributed by atoms with Crippen LogP contribution in [0.1, 0.15) is 37.7 Å². The molecule has 3 atom stereocenters. The molecular weight excluding hydrogens is 284 g/mol. The topological polar surface area (TPSA) is 41.9 Å². The van der Waals surface area contributed by atoms with Gasteiger partial charge >= 0.3 is 0 Å². The third-order valence-corrected chi connectivity index (χ3v) is 5.48. The smallest absolute Gasteiger partial charge is 0.0690 e.